The summed E-state index contributed by atoms with van der Waals surface area (Å²) in [7, 11) is 1.59. The fourth-order valence-corrected chi connectivity index (χ4v) is 2.89. The Morgan fingerprint density at radius 2 is 2.19 bits per heavy atom. The lowest BCUT2D eigenvalue weighted by molar-refractivity contribution is 0.608. The van der Waals surface area contributed by atoms with E-state index in [-0.39, 0.29) is 5.75 Å². The summed E-state index contributed by atoms with van der Waals surface area (Å²) in [5.74, 6) is -0.252. The summed E-state index contributed by atoms with van der Waals surface area (Å²) in [6, 6.07) is 5.47. The lowest BCUT2D eigenvalue weighted by atomic mass is 10.4. The molecule has 0 amide bonds. The molecular weight excluding hydrogens is 268 g/mol. The van der Waals surface area contributed by atoms with Crippen LogP contribution in [-0.4, -0.2) is 18.4 Å². The van der Waals surface area contributed by atoms with Crippen molar-refractivity contribution in [3.8, 4) is 10.7 Å². The molecule has 2 rings (SSSR count). The minimum Gasteiger partial charge on any atom is -0.254 e. The zero-order valence-electron chi connectivity index (χ0n) is 8.00. The maximum absolute atomic E-state index is 10.9. The van der Waals surface area contributed by atoms with Gasteiger partial charge in [0, 0.05) is 22.3 Å². The summed E-state index contributed by atoms with van der Waals surface area (Å²) in [5, 5.41) is 2.36. The van der Waals surface area contributed by atoms with Gasteiger partial charge in [-0.05, 0) is 12.1 Å². The van der Waals surface area contributed by atoms with Crippen molar-refractivity contribution in [3.63, 3.8) is 0 Å². The van der Waals surface area contributed by atoms with Crippen LogP contribution in [0.1, 0.15) is 5.69 Å². The van der Waals surface area contributed by atoms with Crippen molar-refractivity contribution in [1.82, 2.24) is 9.97 Å². The highest BCUT2D eigenvalue weighted by Crippen LogP contribution is 2.22. The Labute approximate surface area is 101 Å². The van der Waals surface area contributed by atoms with Crippen molar-refractivity contribution < 1.29 is 8.42 Å². The van der Waals surface area contributed by atoms with Gasteiger partial charge in [0.05, 0.1) is 11.4 Å². The van der Waals surface area contributed by atoms with Crippen molar-refractivity contribution in [2.24, 2.45) is 0 Å². The lowest BCUT2D eigenvalue weighted by Crippen LogP contribution is -1.95. The molecule has 84 valence electrons. The van der Waals surface area contributed by atoms with Gasteiger partial charge in [0.2, 0.25) is 9.05 Å². The third-order valence-electron chi connectivity index (χ3n) is 1.76. The van der Waals surface area contributed by atoms with E-state index in [4.69, 9.17) is 10.7 Å². The van der Waals surface area contributed by atoms with Crippen LogP contribution in [0.3, 0.4) is 0 Å². The molecular formula is C9H7ClN2O2S2. The molecule has 7 heteroatoms. The van der Waals surface area contributed by atoms with Crippen LogP contribution in [0.5, 0.6) is 0 Å². The predicted octanol–water partition coefficient (Wildman–Crippen LogP) is 2.27. The standard InChI is InChI=1S/C9H7ClN2O2S2/c10-16(13,14)6-7-5-15-9(12-7)8-3-1-2-4-11-8/h1-5H,6H2. The van der Waals surface area contributed by atoms with E-state index in [2.05, 4.69) is 9.97 Å². The van der Waals surface area contributed by atoms with Gasteiger partial charge in [0.25, 0.3) is 0 Å². The molecule has 0 aliphatic rings. The van der Waals surface area contributed by atoms with Crippen LogP contribution < -0.4 is 0 Å². The van der Waals surface area contributed by atoms with Crippen molar-refractivity contribution in [2.75, 3.05) is 0 Å². The highest BCUT2D eigenvalue weighted by molar-refractivity contribution is 8.13. The Hall–Kier alpha value is -0.980. The molecule has 2 heterocycles. The Morgan fingerprint density at radius 1 is 1.38 bits per heavy atom. The number of thiazole rings is 1. The summed E-state index contributed by atoms with van der Waals surface area (Å²) >= 11 is 1.35. The molecule has 0 radical (unpaired) electrons. The minimum absolute atomic E-state index is 0.252. The second-order valence-corrected chi connectivity index (χ2v) is 6.68. The summed E-state index contributed by atoms with van der Waals surface area (Å²) in [4.78, 5) is 8.28. The number of hydrogen-bond donors (Lipinski definition) is 0. The van der Waals surface area contributed by atoms with Crippen LogP contribution in [0.15, 0.2) is 29.8 Å². The first-order valence-electron chi connectivity index (χ1n) is 4.33. The van der Waals surface area contributed by atoms with E-state index in [1.165, 1.54) is 11.3 Å². The van der Waals surface area contributed by atoms with Crippen LogP contribution in [0.4, 0.5) is 0 Å². The molecule has 0 bridgehead atoms. The highest BCUT2D eigenvalue weighted by Gasteiger charge is 2.11. The number of halogens is 1. The Kier molecular flexibility index (Phi) is 3.22. The molecule has 0 unspecified atom stereocenters. The van der Waals surface area contributed by atoms with Crippen LogP contribution in [0.25, 0.3) is 10.7 Å². The normalized spacial score (nSPS) is 11.6. The van der Waals surface area contributed by atoms with Gasteiger partial charge in [-0.1, -0.05) is 6.07 Å². The molecule has 4 nitrogen and oxygen atoms in total. The van der Waals surface area contributed by atoms with E-state index in [1.807, 2.05) is 12.1 Å². The molecule has 0 aliphatic carbocycles. The Bertz CT molecular complexity index is 581. The van der Waals surface area contributed by atoms with Crippen LogP contribution in [0, 0.1) is 0 Å². The molecule has 0 atom stereocenters. The number of rotatable bonds is 3. The van der Waals surface area contributed by atoms with Crippen LogP contribution in [0.2, 0.25) is 0 Å². The zero-order chi connectivity index (χ0) is 11.6. The molecule has 0 saturated heterocycles. The number of nitrogens with zero attached hydrogens (tertiary/aromatic N) is 2. The molecule has 0 spiro atoms. The lowest BCUT2D eigenvalue weighted by Gasteiger charge is -1.93. The average Bonchev–Trinajstić information content (AvgIpc) is 2.65. The molecule has 2 aromatic rings. The van der Waals surface area contributed by atoms with Crippen molar-refractivity contribution in [3.05, 3.63) is 35.5 Å². The Balaban J connectivity index is 2.27. The second-order valence-electron chi connectivity index (χ2n) is 3.04. The third-order valence-corrected chi connectivity index (χ3v) is 3.64. The number of hydrogen-bond acceptors (Lipinski definition) is 5. The van der Waals surface area contributed by atoms with Crippen molar-refractivity contribution in [1.29, 1.82) is 0 Å². The van der Waals surface area contributed by atoms with Gasteiger partial charge in [-0.25, -0.2) is 13.4 Å². The molecule has 2 aromatic heterocycles. The molecule has 0 saturated carbocycles. The predicted molar refractivity (Wildman–Crippen MR) is 63.8 cm³/mol. The minimum atomic E-state index is -3.55. The first kappa shape index (κ1) is 11.5. The third kappa shape index (κ3) is 3.01. The van der Waals surface area contributed by atoms with E-state index in [0.29, 0.717) is 10.7 Å². The molecule has 0 aromatic carbocycles. The zero-order valence-corrected chi connectivity index (χ0v) is 10.4. The van der Waals surface area contributed by atoms with E-state index in [1.54, 1.807) is 17.6 Å². The molecule has 0 fully saturated rings. The van der Waals surface area contributed by atoms with E-state index >= 15 is 0 Å². The average molecular weight is 275 g/mol. The SMILES string of the molecule is O=S(=O)(Cl)Cc1csc(-c2ccccn2)n1. The first-order valence-corrected chi connectivity index (χ1v) is 7.68. The van der Waals surface area contributed by atoms with Crippen LogP contribution >= 0.6 is 22.0 Å². The quantitative estimate of drug-likeness (QED) is 0.806. The first-order chi connectivity index (χ1) is 7.54. The van der Waals surface area contributed by atoms with E-state index < -0.39 is 9.05 Å². The smallest absolute Gasteiger partial charge is 0.238 e. The molecule has 0 aliphatic heterocycles. The number of pyridine rings is 1. The highest BCUT2D eigenvalue weighted by atomic mass is 35.7. The fraction of sp³-hybridized carbons (Fsp3) is 0.111. The summed E-state index contributed by atoms with van der Waals surface area (Å²) in [6.07, 6.45) is 1.66. The molecule has 0 N–H and O–H groups in total. The summed E-state index contributed by atoms with van der Waals surface area (Å²) in [6.45, 7) is 0. The Morgan fingerprint density at radius 3 is 2.81 bits per heavy atom. The van der Waals surface area contributed by atoms with E-state index in [9.17, 15) is 8.42 Å². The van der Waals surface area contributed by atoms with Gasteiger partial charge in [0.15, 0.2) is 0 Å². The molecule has 16 heavy (non-hydrogen) atoms. The topological polar surface area (TPSA) is 59.9 Å². The van der Waals surface area contributed by atoms with Gasteiger partial charge >= 0.3 is 0 Å². The summed E-state index contributed by atoms with van der Waals surface area (Å²) in [5.41, 5.74) is 1.17. The van der Waals surface area contributed by atoms with Gasteiger partial charge in [-0.2, -0.15) is 0 Å². The van der Waals surface area contributed by atoms with Gasteiger partial charge in [-0.3, -0.25) is 4.98 Å². The maximum Gasteiger partial charge on any atom is 0.238 e. The van der Waals surface area contributed by atoms with Crippen LogP contribution in [-0.2, 0) is 14.8 Å². The second kappa shape index (κ2) is 4.48. The van der Waals surface area contributed by atoms with Gasteiger partial charge in [-0.15, -0.1) is 11.3 Å². The largest absolute Gasteiger partial charge is 0.254 e. The number of aromatic nitrogens is 2. The fourth-order valence-electron chi connectivity index (χ4n) is 1.16. The van der Waals surface area contributed by atoms with Gasteiger partial charge in [0.1, 0.15) is 10.8 Å². The van der Waals surface area contributed by atoms with Gasteiger partial charge < -0.3 is 0 Å². The van der Waals surface area contributed by atoms with Crippen molar-refractivity contribution >= 4 is 31.1 Å². The maximum atomic E-state index is 10.9. The summed E-state index contributed by atoms with van der Waals surface area (Å²) < 4.78 is 21.7. The monoisotopic (exact) mass is 274 g/mol. The van der Waals surface area contributed by atoms with E-state index in [0.717, 1.165) is 5.69 Å². The van der Waals surface area contributed by atoms with Crippen molar-refractivity contribution in [2.45, 2.75) is 5.75 Å².